The van der Waals surface area contributed by atoms with Crippen LogP contribution in [0.2, 0.25) is 0 Å². The molecule has 0 radical (unpaired) electrons. The number of sulfonamides is 1. The number of hydrogen-bond donors (Lipinski definition) is 1. The Morgan fingerprint density at radius 1 is 1.07 bits per heavy atom. The van der Waals surface area contributed by atoms with E-state index in [9.17, 15) is 13.2 Å². The highest BCUT2D eigenvalue weighted by molar-refractivity contribution is 7.89. The minimum absolute atomic E-state index is 0.155. The molecule has 7 nitrogen and oxygen atoms in total. The molecular formula is C20H25N3O4S. The van der Waals surface area contributed by atoms with Crippen LogP contribution in [0, 0.1) is 6.92 Å². The first-order valence-corrected chi connectivity index (χ1v) is 10.5. The van der Waals surface area contributed by atoms with E-state index in [1.54, 1.807) is 6.07 Å². The molecule has 1 amide bonds. The molecule has 28 heavy (non-hydrogen) atoms. The maximum Gasteiger partial charge on any atom is 0.243 e. The Balaban J connectivity index is 1.77. The molecule has 1 heterocycles. The highest BCUT2D eigenvalue weighted by atomic mass is 32.2. The van der Waals surface area contributed by atoms with Crippen LogP contribution in [-0.4, -0.2) is 51.9 Å². The van der Waals surface area contributed by atoms with Gasteiger partial charge in [-0.25, -0.2) is 8.42 Å². The van der Waals surface area contributed by atoms with Crippen molar-refractivity contribution in [1.82, 2.24) is 4.31 Å². The maximum absolute atomic E-state index is 13.1. The number of carbonyl (C=O) groups excluding carboxylic acids is 1. The molecule has 1 fully saturated rings. The second kappa shape index (κ2) is 8.20. The van der Waals surface area contributed by atoms with Crippen LogP contribution in [0.5, 0.6) is 5.75 Å². The van der Waals surface area contributed by atoms with Crippen LogP contribution in [-0.2, 0) is 14.8 Å². The molecule has 0 aromatic heterocycles. The third-order valence-corrected chi connectivity index (χ3v) is 6.71. The third-order valence-electron chi connectivity index (χ3n) is 4.82. The quantitative estimate of drug-likeness (QED) is 0.830. The van der Waals surface area contributed by atoms with E-state index < -0.39 is 10.0 Å². The lowest BCUT2D eigenvalue weighted by molar-refractivity contribution is -0.114. The molecule has 0 bridgehead atoms. The van der Waals surface area contributed by atoms with Gasteiger partial charge in [0, 0.05) is 44.9 Å². The zero-order valence-corrected chi connectivity index (χ0v) is 17.1. The molecule has 0 unspecified atom stereocenters. The van der Waals surface area contributed by atoms with Crippen LogP contribution >= 0.6 is 0 Å². The molecule has 0 atom stereocenters. The fourth-order valence-corrected chi connectivity index (χ4v) is 4.80. The third kappa shape index (κ3) is 4.13. The Hall–Kier alpha value is -2.58. The van der Waals surface area contributed by atoms with E-state index in [0.717, 1.165) is 5.69 Å². The van der Waals surface area contributed by atoms with E-state index in [1.165, 1.54) is 36.0 Å². The number of nitrogens with zero attached hydrogens (tertiary/aromatic N) is 2. The largest absolute Gasteiger partial charge is 0.495 e. The van der Waals surface area contributed by atoms with E-state index in [0.29, 0.717) is 37.6 Å². The van der Waals surface area contributed by atoms with Crippen molar-refractivity contribution in [3.8, 4) is 5.75 Å². The van der Waals surface area contributed by atoms with Gasteiger partial charge in [-0.15, -0.1) is 0 Å². The van der Waals surface area contributed by atoms with E-state index in [-0.39, 0.29) is 10.8 Å². The van der Waals surface area contributed by atoms with Gasteiger partial charge < -0.3 is 15.0 Å². The van der Waals surface area contributed by atoms with Crippen LogP contribution in [0.25, 0.3) is 0 Å². The number of amides is 1. The summed E-state index contributed by atoms with van der Waals surface area (Å²) in [6.07, 6.45) is 0. The van der Waals surface area contributed by atoms with Gasteiger partial charge in [-0.1, -0.05) is 18.2 Å². The number of ether oxygens (including phenoxy) is 1. The van der Waals surface area contributed by atoms with Crippen molar-refractivity contribution in [2.45, 2.75) is 18.7 Å². The average molecular weight is 404 g/mol. The van der Waals surface area contributed by atoms with Crippen molar-refractivity contribution >= 4 is 27.3 Å². The normalized spacial score (nSPS) is 15.3. The molecule has 0 saturated carbocycles. The summed E-state index contributed by atoms with van der Waals surface area (Å²) in [5.41, 5.74) is 2.76. The molecule has 3 rings (SSSR count). The van der Waals surface area contributed by atoms with E-state index in [4.69, 9.17) is 4.74 Å². The van der Waals surface area contributed by atoms with Gasteiger partial charge in [0.2, 0.25) is 15.9 Å². The van der Waals surface area contributed by atoms with Crippen molar-refractivity contribution in [2.24, 2.45) is 0 Å². The predicted octanol–water partition coefficient (Wildman–Crippen LogP) is 2.47. The lowest BCUT2D eigenvalue weighted by atomic mass is 10.1. The number of aryl methyl sites for hydroxylation is 1. The molecule has 1 aliphatic rings. The zero-order valence-electron chi connectivity index (χ0n) is 16.3. The minimum atomic E-state index is -3.64. The zero-order chi connectivity index (χ0) is 20.3. The monoisotopic (exact) mass is 403 g/mol. The molecule has 1 saturated heterocycles. The Morgan fingerprint density at radius 3 is 2.36 bits per heavy atom. The first-order valence-electron chi connectivity index (χ1n) is 9.09. The van der Waals surface area contributed by atoms with Gasteiger partial charge in [-0.3, -0.25) is 4.79 Å². The Morgan fingerprint density at radius 2 is 1.75 bits per heavy atom. The highest BCUT2D eigenvalue weighted by Gasteiger charge is 2.29. The van der Waals surface area contributed by atoms with E-state index in [2.05, 4.69) is 29.3 Å². The van der Waals surface area contributed by atoms with E-state index in [1.807, 2.05) is 12.1 Å². The number of benzene rings is 2. The van der Waals surface area contributed by atoms with Crippen molar-refractivity contribution in [2.75, 3.05) is 43.5 Å². The van der Waals surface area contributed by atoms with Crippen molar-refractivity contribution in [1.29, 1.82) is 0 Å². The molecular weight excluding hydrogens is 378 g/mol. The first kappa shape index (κ1) is 20.2. The fourth-order valence-electron chi connectivity index (χ4n) is 3.36. The number of carbonyl (C=O) groups is 1. The molecule has 2 aromatic carbocycles. The van der Waals surface area contributed by atoms with Gasteiger partial charge in [0.25, 0.3) is 0 Å². The van der Waals surface area contributed by atoms with Crippen LogP contribution in [0.3, 0.4) is 0 Å². The summed E-state index contributed by atoms with van der Waals surface area (Å²) < 4.78 is 32.9. The van der Waals surface area contributed by atoms with Gasteiger partial charge in [0.1, 0.15) is 5.75 Å². The first-order chi connectivity index (χ1) is 13.3. The summed E-state index contributed by atoms with van der Waals surface area (Å²) in [5.74, 6) is 0.0658. The predicted molar refractivity (Wildman–Crippen MR) is 109 cm³/mol. The average Bonchev–Trinajstić information content (AvgIpc) is 2.68. The SMILES string of the molecule is COc1cc(S(=O)(=O)N2CCN(c3ccccc3C)CC2)ccc1NC(C)=O. The second-order valence-corrected chi connectivity index (χ2v) is 8.66. The van der Waals surface area contributed by atoms with Gasteiger partial charge in [-0.05, 0) is 30.7 Å². The Kier molecular flexibility index (Phi) is 5.90. The van der Waals surface area contributed by atoms with Crippen LogP contribution in [0.4, 0.5) is 11.4 Å². The number of anilines is 2. The van der Waals surface area contributed by atoms with Gasteiger partial charge in [0.15, 0.2) is 0 Å². The van der Waals surface area contributed by atoms with E-state index >= 15 is 0 Å². The summed E-state index contributed by atoms with van der Waals surface area (Å²) in [7, 11) is -2.20. The van der Waals surface area contributed by atoms with Gasteiger partial charge in [-0.2, -0.15) is 4.31 Å². The molecule has 8 heteroatoms. The summed E-state index contributed by atoms with van der Waals surface area (Å²) >= 11 is 0. The fraction of sp³-hybridized carbons (Fsp3) is 0.350. The summed E-state index contributed by atoms with van der Waals surface area (Å²) in [6.45, 7) is 5.52. The van der Waals surface area contributed by atoms with Gasteiger partial charge >= 0.3 is 0 Å². The number of rotatable bonds is 5. The molecule has 0 spiro atoms. The Bertz CT molecular complexity index is 967. The molecule has 2 aromatic rings. The molecule has 150 valence electrons. The summed E-state index contributed by atoms with van der Waals surface area (Å²) in [6, 6.07) is 12.6. The van der Waals surface area contributed by atoms with Gasteiger partial charge in [0.05, 0.1) is 17.7 Å². The minimum Gasteiger partial charge on any atom is -0.495 e. The smallest absolute Gasteiger partial charge is 0.243 e. The summed E-state index contributed by atoms with van der Waals surface area (Å²) in [4.78, 5) is 13.6. The maximum atomic E-state index is 13.1. The van der Waals surface area contributed by atoms with Crippen molar-refractivity contribution in [3.63, 3.8) is 0 Å². The van der Waals surface area contributed by atoms with Crippen LogP contribution in [0.15, 0.2) is 47.4 Å². The van der Waals surface area contributed by atoms with Crippen LogP contribution < -0.4 is 15.0 Å². The topological polar surface area (TPSA) is 79.0 Å². The molecule has 0 aliphatic carbocycles. The Labute approximate surface area is 166 Å². The standard InChI is InChI=1S/C20H25N3O4S/c1-15-6-4-5-7-19(15)22-10-12-23(13-11-22)28(25,26)17-8-9-18(21-16(2)24)20(14-17)27-3/h4-9,14H,10-13H2,1-3H3,(H,21,24). The van der Waals surface area contributed by atoms with Crippen molar-refractivity contribution in [3.05, 3.63) is 48.0 Å². The summed E-state index contributed by atoms with van der Waals surface area (Å²) in [5, 5.41) is 2.63. The lowest BCUT2D eigenvalue weighted by Crippen LogP contribution is -2.48. The second-order valence-electron chi connectivity index (χ2n) is 6.72. The number of nitrogens with one attached hydrogen (secondary N) is 1. The number of methoxy groups -OCH3 is 1. The molecule has 1 aliphatic heterocycles. The van der Waals surface area contributed by atoms with Crippen LogP contribution in [0.1, 0.15) is 12.5 Å². The number of hydrogen-bond acceptors (Lipinski definition) is 5. The lowest BCUT2D eigenvalue weighted by Gasteiger charge is -2.36. The molecule has 1 N–H and O–H groups in total. The highest BCUT2D eigenvalue weighted by Crippen LogP contribution is 2.30. The van der Waals surface area contributed by atoms with Crippen molar-refractivity contribution < 1.29 is 17.9 Å². The number of piperazine rings is 1. The number of para-hydroxylation sites is 1.